The summed E-state index contributed by atoms with van der Waals surface area (Å²) in [6.07, 6.45) is 3.30. The fourth-order valence-electron chi connectivity index (χ4n) is 0.942. The lowest BCUT2D eigenvalue weighted by molar-refractivity contribution is 0.187. The maximum Gasteiger partial charge on any atom is 0.218 e. The molecule has 0 atom stereocenters. The quantitative estimate of drug-likeness (QED) is 0.860. The molecular formula is C8H11BrN2O2. The van der Waals surface area contributed by atoms with Gasteiger partial charge in [-0.3, -0.25) is 4.79 Å². The molecule has 0 spiro atoms. The minimum Gasteiger partial charge on any atom is -0.394 e. The van der Waals surface area contributed by atoms with Crippen molar-refractivity contribution in [1.82, 2.24) is 4.57 Å². The third-order valence-electron chi connectivity index (χ3n) is 1.62. The highest BCUT2D eigenvalue weighted by Crippen LogP contribution is 2.05. The lowest BCUT2D eigenvalue weighted by Crippen LogP contribution is -2.14. The number of rotatable bonds is 3. The van der Waals surface area contributed by atoms with E-state index in [0.29, 0.717) is 17.6 Å². The highest BCUT2D eigenvalue weighted by atomic mass is 79.9. The van der Waals surface area contributed by atoms with Crippen LogP contribution in [0.15, 0.2) is 21.7 Å². The van der Waals surface area contributed by atoms with E-state index in [9.17, 15) is 4.79 Å². The van der Waals surface area contributed by atoms with Crippen molar-refractivity contribution in [2.45, 2.75) is 6.54 Å². The van der Waals surface area contributed by atoms with Gasteiger partial charge in [0, 0.05) is 26.0 Å². The minimum absolute atomic E-state index is 0.173. The Balaban J connectivity index is 2.93. The first-order valence-corrected chi connectivity index (χ1v) is 4.58. The zero-order valence-electron chi connectivity index (χ0n) is 7.29. The number of nitrogens with two attached hydrogens (primary N) is 1. The fraction of sp³-hybridized carbons (Fsp3) is 0.375. The number of methoxy groups -OCH3 is 1. The molecule has 1 heterocycles. The lowest BCUT2D eigenvalue weighted by Gasteiger charge is -2.06. The number of hydrogen-bond donors (Lipinski definition) is 1. The van der Waals surface area contributed by atoms with Crippen molar-refractivity contribution < 1.29 is 4.74 Å². The molecular weight excluding hydrogens is 236 g/mol. The van der Waals surface area contributed by atoms with Gasteiger partial charge in [0.2, 0.25) is 5.43 Å². The predicted molar refractivity (Wildman–Crippen MR) is 54.7 cm³/mol. The van der Waals surface area contributed by atoms with Crippen molar-refractivity contribution in [1.29, 1.82) is 0 Å². The molecule has 0 aliphatic carbocycles. The molecule has 4 nitrogen and oxygen atoms in total. The summed E-state index contributed by atoms with van der Waals surface area (Å²) >= 11 is 3.13. The van der Waals surface area contributed by atoms with Crippen LogP contribution in [0.25, 0.3) is 0 Å². The molecule has 0 bridgehead atoms. The maximum absolute atomic E-state index is 11.2. The molecule has 5 heteroatoms. The summed E-state index contributed by atoms with van der Waals surface area (Å²) in [4.78, 5) is 11.2. The van der Waals surface area contributed by atoms with Gasteiger partial charge in [-0.1, -0.05) is 0 Å². The SMILES string of the molecule is COCCn1cc(N)c(=O)c(Br)c1. The number of halogens is 1. The van der Waals surface area contributed by atoms with Gasteiger partial charge in [-0.15, -0.1) is 0 Å². The Bertz CT molecular complexity index is 322. The number of ether oxygens (including phenoxy) is 1. The fourth-order valence-corrected chi connectivity index (χ4v) is 1.43. The topological polar surface area (TPSA) is 57.2 Å². The van der Waals surface area contributed by atoms with Crippen LogP contribution in [0.2, 0.25) is 0 Å². The van der Waals surface area contributed by atoms with Gasteiger partial charge in [0.15, 0.2) is 0 Å². The minimum atomic E-state index is -0.173. The lowest BCUT2D eigenvalue weighted by atomic mass is 10.4. The molecule has 2 N–H and O–H groups in total. The van der Waals surface area contributed by atoms with Crippen molar-refractivity contribution in [3.63, 3.8) is 0 Å². The number of aromatic nitrogens is 1. The molecule has 13 heavy (non-hydrogen) atoms. The molecule has 0 radical (unpaired) electrons. The van der Waals surface area contributed by atoms with Crippen LogP contribution in [0, 0.1) is 0 Å². The van der Waals surface area contributed by atoms with Gasteiger partial charge in [0.1, 0.15) is 0 Å². The molecule has 0 aliphatic rings. The second kappa shape index (κ2) is 4.43. The van der Waals surface area contributed by atoms with Crippen LogP contribution in [0.5, 0.6) is 0 Å². The standard InChI is InChI=1S/C8H11BrN2O2/c1-13-3-2-11-4-6(9)8(12)7(10)5-11/h4-5H,2-3,10H2,1H3. The smallest absolute Gasteiger partial charge is 0.218 e. The van der Waals surface area contributed by atoms with E-state index in [2.05, 4.69) is 15.9 Å². The molecule has 72 valence electrons. The van der Waals surface area contributed by atoms with Gasteiger partial charge >= 0.3 is 0 Å². The van der Waals surface area contributed by atoms with Crippen molar-refractivity contribution in [3.05, 3.63) is 27.1 Å². The molecule has 0 saturated heterocycles. The summed E-state index contributed by atoms with van der Waals surface area (Å²) in [6.45, 7) is 1.27. The van der Waals surface area contributed by atoms with Crippen LogP contribution < -0.4 is 11.2 Å². The number of nitrogen functional groups attached to an aromatic ring is 1. The molecule has 0 fully saturated rings. The molecule has 1 aromatic heterocycles. The first kappa shape index (κ1) is 10.3. The summed E-state index contributed by atoms with van der Waals surface area (Å²) in [5.74, 6) is 0. The molecule has 0 amide bonds. The predicted octanol–water partition coefficient (Wildman–Crippen LogP) is 0.839. The van der Waals surface area contributed by atoms with E-state index in [1.54, 1.807) is 19.5 Å². The third kappa shape index (κ3) is 2.57. The van der Waals surface area contributed by atoms with Gasteiger partial charge in [-0.05, 0) is 15.9 Å². The molecule has 1 aromatic rings. The van der Waals surface area contributed by atoms with Gasteiger partial charge < -0.3 is 15.0 Å². The Morgan fingerprint density at radius 3 is 2.85 bits per heavy atom. The van der Waals surface area contributed by atoms with E-state index in [-0.39, 0.29) is 11.1 Å². The maximum atomic E-state index is 11.2. The molecule has 0 aliphatic heterocycles. The first-order valence-electron chi connectivity index (χ1n) is 3.79. The van der Waals surface area contributed by atoms with Gasteiger partial charge in [0.25, 0.3) is 0 Å². The average Bonchev–Trinajstić information content (AvgIpc) is 2.10. The van der Waals surface area contributed by atoms with Crippen LogP contribution in [0.3, 0.4) is 0 Å². The van der Waals surface area contributed by atoms with E-state index in [0.717, 1.165) is 0 Å². The number of hydrogen-bond acceptors (Lipinski definition) is 3. The van der Waals surface area contributed by atoms with Crippen LogP contribution in [0.1, 0.15) is 0 Å². The highest BCUT2D eigenvalue weighted by Gasteiger charge is 2.01. The van der Waals surface area contributed by atoms with Crippen LogP contribution in [0.4, 0.5) is 5.69 Å². The molecule has 0 saturated carbocycles. The van der Waals surface area contributed by atoms with Crippen LogP contribution >= 0.6 is 15.9 Å². The Labute approximate surface area is 84.4 Å². The Morgan fingerprint density at radius 2 is 2.31 bits per heavy atom. The number of anilines is 1. The normalized spacial score (nSPS) is 10.3. The van der Waals surface area contributed by atoms with Crippen molar-refractivity contribution in [3.8, 4) is 0 Å². The monoisotopic (exact) mass is 246 g/mol. The largest absolute Gasteiger partial charge is 0.394 e. The van der Waals surface area contributed by atoms with E-state index >= 15 is 0 Å². The summed E-state index contributed by atoms with van der Waals surface area (Å²) in [5.41, 5.74) is 5.56. The Kier molecular flexibility index (Phi) is 3.50. The summed E-state index contributed by atoms with van der Waals surface area (Å²) < 4.78 is 7.19. The van der Waals surface area contributed by atoms with Crippen molar-refractivity contribution in [2.75, 3.05) is 19.5 Å². The second-order valence-electron chi connectivity index (χ2n) is 2.62. The van der Waals surface area contributed by atoms with Gasteiger partial charge in [0.05, 0.1) is 16.8 Å². The highest BCUT2D eigenvalue weighted by molar-refractivity contribution is 9.10. The Morgan fingerprint density at radius 1 is 1.62 bits per heavy atom. The number of pyridine rings is 1. The molecule has 0 unspecified atom stereocenters. The zero-order chi connectivity index (χ0) is 9.84. The van der Waals surface area contributed by atoms with E-state index in [4.69, 9.17) is 10.5 Å². The van der Waals surface area contributed by atoms with Crippen molar-refractivity contribution >= 4 is 21.6 Å². The molecule has 0 aromatic carbocycles. The van der Waals surface area contributed by atoms with Gasteiger partial charge in [-0.25, -0.2) is 0 Å². The van der Waals surface area contributed by atoms with E-state index < -0.39 is 0 Å². The van der Waals surface area contributed by atoms with Crippen LogP contribution in [-0.2, 0) is 11.3 Å². The summed E-state index contributed by atoms with van der Waals surface area (Å²) in [7, 11) is 1.63. The Hall–Kier alpha value is -0.810. The van der Waals surface area contributed by atoms with E-state index in [1.165, 1.54) is 0 Å². The second-order valence-corrected chi connectivity index (χ2v) is 3.48. The van der Waals surface area contributed by atoms with Crippen molar-refractivity contribution in [2.24, 2.45) is 0 Å². The number of nitrogens with zero attached hydrogens (tertiary/aromatic N) is 1. The first-order chi connectivity index (χ1) is 6.15. The zero-order valence-corrected chi connectivity index (χ0v) is 8.87. The van der Waals surface area contributed by atoms with E-state index in [1.807, 2.05) is 4.57 Å². The van der Waals surface area contributed by atoms with Crippen LogP contribution in [-0.4, -0.2) is 18.3 Å². The third-order valence-corrected chi connectivity index (χ3v) is 2.18. The molecule has 1 rings (SSSR count). The summed E-state index contributed by atoms with van der Waals surface area (Å²) in [5, 5.41) is 0. The average molecular weight is 247 g/mol. The summed E-state index contributed by atoms with van der Waals surface area (Å²) in [6, 6.07) is 0. The van der Waals surface area contributed by atoms with Gasteiger partial charge in [-0.2, -0.15) is 0 Å².